The van der Waals surface area contributed by atoms with Crippen molar-refractivity contribution >= 4 is 10.1 Å². The van der Waals surface area contributed by atoms with Gasteiger partial charge in [0.25, 0.3) is 0 Å². The zero-order chi connectivity index (χ0) is 9.03. The lowest BCUT2D eigenvalue weighted by Crippen LogP contribution is -2.01. The van der Waals surface area contributed by atoms with E-state index < -0.39 is 10.1 Å². The van der Waals surface area contributed by atoms with Crippen LogP contribution in [0.1, 0.15) is 38.5 Å². The Balaban J connectivity index is 2.73. The molecule has 0 aromatic carbocycles. The Morgan fingerprint density at radius 3 is 2.42 bits per heavy atom. The van der Waals surface area contributed by atoms with Crippen LogP contribution >= 0.6 is 0 Å². The van der Waals surface area contributed by atoms with Gasteiger partial charge in [0.05, 0.1) is 4.91 Å². The Bertz CT molecular complexity index is 264. The van der Waals surface area contributed by atoms with Crippen LogP contribution in [0.5, 0.6) is 0 Å². The van der Waals surface area contributed by atoms with Gasteiger partial charge < -0.3 is 0 Å². The molecule has 0 aromatic rings. The van der Waals surface area contributed by atoms with Crippen LogP contribution in [-0.4, -0.2) is 8.42 Å². The summed E-state index contributed by atoms with van der Waals surface area (Å²) in [7, 11) is -4.15. The Hall–Kier alpha value is -0.350. The van der Waals surface area contributed by atoms with Crippen molar-refractivity contribution in [2.24, 2.45) is 0 Å². The first-order valence-electron chi connectivity index (χ1n) is 4.25. The van der Waals surface area contributed by atoms with Crippen LogP contribution in [0.3, 0.4) is 0 Å². The summed E-state index contributed by atoms with van der Waals surface area (Å²) in [5.41, 5.74) is 0. The van der Waals surface area contributed by atoms with Gasteiger partial charge >= 0.3 is 10.1 Å². The maximum atomic E-state index is 10.6. The van der Waals surface area contributed by atoms with E-state index in [0.717, 1.165) is 32.1 Å². The van der Waals surface area contributed by atoms with E-state index in [-0.39, 0.29) is 4.91 Å². The third-order valence-corrected chi connectivity index (χ3v) is 3.08. The first kappa shape index (κ1) is 9.74. The third-order valence-electron chi connectivity index (χ3n) is 2.07. The van der Waals surface area contributed by atoms with Gasteiger partial charge in [0.2, 0.25) is 0 Å². The molecule has 1 aliphatic rings. The monoisotopic (exact) mass is 189 g/mol. The van der Waals surface area contributed by atoms with Gasteiger partial charge in [-0.3, -0.25) is 0 Å². The second-order valence-electron chi connectivity index (χ2n) is 3.08. The van der Waals surface area contributed by atoms with Crippen LogP contribution in [0.25, 0.3) is 0 Å². The molecule has 0 amide bonds. The van der Waals surface area contributed by atoms with Crippen molar-refractivity contribution in [2.75, 3.05) is 0 Å². The molecule has 0 spiro atoms. The van der Waals surface area contributed by atoms with Crippen LogP contribution in [0.2, 0.25) is 0 Å². The van der Waals surface area contributed by atoms with Crippen LogP contribution in [0, 0.1) is 0 Å². The molecule has 0 heterocycles. The molecule has 0 unspecified atom stereocenters. The Morgan fingerprint density at radius 2 is 1.75 bits per heavy atom. The largest absolute Gasteiger partial charge is 0.320 e. The minimum Gasteiger partial charge on any atom is -0.192 e. The molecule has 0 saturated heterocycles. The Kier molecular flexibility index (Phi) is 3.29. The second-order valence-corrected chi connectivity index (χ2v) is 4.51. The molecule has 69 valence electrons. The van der Waals surface area contributed by atoms with E-state index in [9.17, 15) is 13.0 Å². The quantitative estimate of drug-likeness (QED) is 0.633. The minimum atomic E-state index is -4.15. The highest BCUT2D eigenvalue weighted by molar-refractivity contribution is 7.89. The van der Waals surface area contributed by atoms with Crippen LogP contribution in [-0.2, 0) is 14.7 Å². The number of rotatable bonds is 1. The fourth-order valence-corrected chi connectivity index (χ4v) is 2.11. The standard InChI is InChI=1S/C8H13O3S/c9-12(10,11)8-6-4-2-1-3-5-7-8/h6H,1-5,7H2/b8-6+. The first-order chi connectivity index (χ1) is 5.61. The molecular weight excluding hydrogens is 176 g/mol. The fourth-order valence-electron chi connectivity index (χ4n) is 1.39. The van der Waals surface area contributed by atoms with Gasteiger partial charge in [0.1, 0.15) is 0 Å². The number of allylic oxidation sites excluding steroid dienone is 2. The lowest BCUT2D eigenvalue weighted by molar-refractivity contribution is 0.418. The highest BCUT2D eigenvalue weighted by atomic mass is 32.2. The van der Waals surface area contributed by atoms with E-state index in [1.54, 1.807) is 6.08 Å². The molecule has 0 fully saturated rings. The van der Waals surface area contributed by atoms with E-state index in [1.165, 1.54) is 0 Å². The summed E-state index contributed by atoms with van der Waals surface area (Å²) in [5, 5.41) is 0. The zero-order valence-electron chi connectivity index (χ0n) is 6.95. The van der Waals surface area contributed by atoms with Gasteiger partial charge in [-0.05, 0) is 25.7 Å². The highest BCUT2D eigenvalue weighted by Gasteiger charge is 2.15. The van der Waals surface area contributed by atoms with Gasteiger partial charge in [-0.25, -0.2) is 0 Å². The molecule has 3 nitrogen and oxygen atoms in total. The summed E-state index contributed by atoms with van der Waals surface area (Å²) in [5.74, 6) is 0. The highest BCUT2D eigenvalue weighted by Crippen LogP contribution is 2.20. The predicted molar refractivity (Wildman–Crippen MR) is 45.4 cm³/mol. The summed E-state index contributed by atoms with van der Waals surface area (Å²) in [6, 6.07) is 0. The van der Waals surface area contributed by atoms with Crippen molar-refractivity contribution in [1.29, 1.82) is 0 Å². The van der Waals surface area contributed by atoms with Crippen LogP contribution in [0.4, 0.5) is 0 Å². The number of hydrogen-bond acceptors (Lipinski definition) is 2. The van der Waals surface area contributed by atoms with Gasteiger partial charge in [0.15, 0.2) is 0 Å². The van der Waals surface area contributed by atoms with E-state index in [1.807, 2.05) is 0 Å². The fraction of sp³-hybridized carbons (Fsp3) is 0.750. The van der Waals surface area contributed by atoms with Crippen molar-refractivity contribution in [1.82, 2.24) is 0 Å². The molecule has 4 heteroatoms. The third kappa shape index (κ3) is 2.95. The van der Waals surface area contributed by atoms with Gasteiger partial charge in [-0.2, -0.15) is 8.42 Å². The summed E-state index contributed by atoms with van der Waals surface area (Å²) in [4.78, 5) is 0.0993. The van der Waals surface area contributed by atoms with E-state index in [0.29, 0.717) is 6.42 Å². The molecule has 0 aliphatic heterocycles. The number of hydrogen-bond donors (Lipinski definition) is 0. The van der Waals surface area contributed by atoms with Crippen molar-refractivity contribution in [3.8, 4) is 0 Å². The molecule has 0 aromatic heterocycles. The second kappa shape index (κ2) is 4.05. The molecular formula is C8H13O3S. The Morgan fingerprint density at radius 1 is 1.08 bits per heavy atom. The molecule has 0 N–H and O–H groups in total. The lowest BCUT2D eigenvalue weighted by Gasteiger charge is -2.06. The van der Waals surface area contributed by atoms with Gasteiger partial charge in [-0.1, -0.05) is 23.5 Å². The molecule has 0 bridgehead atoms. The van der Waals surface area contributed by atoms with E-state index in [4.69, 9.17) is 0 Å². The predicted octanol–water partition coefficient (Wildman–Crippen LogP) is 1.98. The summed E-state index contributed by atoms with van der Waals surface area (Å²) >= 11 is 0. The average molecular weight is 189 g/mol. The van der Waals surface area contributed by atoms with E-state index in [2.05, 4.69) is 0 Å². The molecule has 1 rings (SSSR count). The molecule has 0 atom stereocenters. The Labute approximate surface area is 73.2 Å². The normalized spacial score (nSPS) is 25.2. The topological polar surface area (TPSA) is 54.0 Å². The van der Waals surface area contributed by atoms with Gasteiger partial charge in [-0.15, -0.1) is 0 Å². The zero-order valence-corrected chi connectivity index (χ0v) is 7.77. The van der Waals surface area contributed by atoms with Crippen molar-refractivity contribution in [2.45, 2.75) is 38.5 Å². The van der Waals surface area contributed by atoms with Crippen molar-refractivity contribution in [3.05, 3.63) is 11.0 Å². The summed E-state index contributed by atoms with van der Waals surface area (Å²) < 4.78 is 31.9. The average Bonchev–Trinajstić information content (AvgIpc) is 1.81. The molecule has 1 radical (unpaired) electrons. The lowest BCUT2D eigenvalue weighted by atomic mass is 10.1. The molecule has 1 aliphatic carbocycles. The van der Waals surface area contributed by atoms with Crippen molar-refractivity contribution in [3.63, 3.8) is 0 Å². The first-order valence-corrected chi connectivity index (χ1v) is 5.66. The van der Waals surface area contributed by atoms with E-state index >= 15 is 0 Å². The van der Waals surface area contributed by atoms with Crippen LogP contribution < -0.4 is 0 Å². The van der Waals surface area contributed by atoms with Crippen LogP contribution in [0.15, 0.2) is 11.0 Å². The summed E-state index contributed by atoms with van der Waals surface area (Å²) in [6.07, 6.45) is 6.76. The maximum absolute atomic E-state index is 10.6. The SMILES string of the molecule is [O]S(=O)(=O)/C1=C/CCCCCC1. The van der Waals surface area contributed by atoms with Gasteiger partial charge in [0, 0.05) is 0 Å². The smallest absolute Gasteiger partial charge is 0.192 e. The van der Waals surface area contributed by atoms with Crippen molar-refractivity contribution < 1.29 is 13.0 Å². The molecule has 12 heavy (non-hydrogen) atoms. The summed E-state index contributed by atoms with van der Waals surface area (Å²) in [6.45, 7) is 0. The maximum Gasteiger partial charge on any atom is 0.320 e. The minimum absolute atomic E-state index is 0.0993. The molecule has 0 saturated carbocycles.